The van der Waals surface area contributed by atoms with E-state index in [2.05, 4.69) is 0 Å². The van der Waals surface area contributed by atoms with Crippen LogP contribution in [0.15, 0.2) is 18.2 Å². The van der Waals surface area contributed by atoms with Gasteiger partial charge in [0, 0.05) is 6.42 Å². The smallest absolute Gasteiger partial charge is 0.303 e. The second-order valence-electron chi connectivity index (χ2n) is 3.78. The van der Waals surface area contributed by atoms with Gasteiger partial charge in [-0.15, -0.1) is 0 Å². The zero-order valence-corrected chi connectivity index (χ0v) is 10.2. The number of hydrogen-bond acceptors (Lipinski definition) is 3. The van der Waals surface area contributed by atoms with Crippen molar-refractivity contribution in [1.29, 1.82) is 0 Å². The molecule has 0 saturated carbocycles. The highest BCUT2D eigenvalue weighted by molar-refractivity contribution is 5.66. The molecule has 0 fully saturated rings. The van der Waals surface area contributed by atoms with Crippen LogP contribution in [0, 0.1) is 0 Å². The van der Waals surface area contributed by atoms with Crippen LogP contribution in [0.2, 0.25) is 0 Å². The normalized spacial score (nSPS) is 10.0. The van der Waals surface area contributed by atoms with Crippen molar-refractivity contribution in [2.45, 2.75) is 25.7 Å². The maximum Gasteiger partial charge on any atom is 0.303 e. The van der Waals surface area contributed by atoms with Crippen LogP contribution >= 0.6 is 0 Å². The van der Waals surface area contributed by atoms with Crippen LogP contribution in [0.5, 0.6) is 11.5 Å². The van der Waals surface area contributed by atoms with Crippen molar-refractivity contribution < 1.29 is 19.4 Å². The summed E-state index contributed by atoms with van der Waals surface area (Å²) in [6.07, 6.45) is 2.52. The van der Waals surface area contributed by atoms with E-state index in [9.17, 15) is 4.79 Å². The van der Waals surface area contributed by atoms with E-state index in [1.165, 1.54) is 0 Å². The molecule has 1 rings (SSSR count). The van der Waals surface area contributed by atoms with E-state index in [-0.39, 0.29) is 6.42 Å². The van der Waals surface area contributed by atoms with Gasteiger partial charge in [0.15, 0.2) is 0 Å². The number of rotatable bonds is 7. The lowest BCUT2D eigenvalue weighted by molar-refractivity contribution is -0.137. The van der Waals surface area contributed by atoms with E-state index < -0.39 is 5.97 Å². The van der Waals surface area contributed by atoms with Gasteiger partial charge in [-0.05, 0) is 43.0 Å². The molecule has 1 aromatic carbocycles. The Hall–Kier alpha value is -1.71. The summed E-state index contributed by atoms with van der Waals surface area (Å²) in [7, 11) is 3.25. The molecule has 0 amide bonds. The van der Waals surface area contributed by atoms with Gasteiger partial charge in [-0.3, -0.25) is 4.79 Å². The van der Waals surface area contributed by atoms with E-state index in [1.807, 2.05) is 18.2 Å². The molecule has 94 valence electrons. The van der Waals surface area contributed by atoms with Gasteiger partial charge in [-0.25, -0.2) is 0 Å². The van der Waals surface area contributed by atoms with Gasteiger partial charge in [0.1, 0.15) is 11.5 Å². The van der Waals surface area contributed by atoms with E-state index in [4.69, 9.17) is 14.6 Å². The average Bonchev–Trinajstić information content (AvgIpc) is 2.34. The van der Waals surface area contributed by atoms with Crippen LogP contribution in [0.1, 0.15) is 24.8 Å². The molecule has 0 saturated heterocycles. The third kappa shape index (κ3) is 4.34. The van der Waals surface area contributed by atoms with Crippen molar-refractivity contribution >= 4 is 5.97 Å². The fraction of sp³-hybridized carbons (Fsp3) is 0.462. The number of carbonyl (C=O) groups is 1. The maximum atomic E-state index is 10.4. The fourth-order valence-electron chi connectivity index (χ4n) is 1.67. The molecule has 0 heterocycles. The van der Waals surface area contributed by atoms with E-state index in [1.54, 1.807) is 14.2 Å². The first kappa shape index (κ1) is 13.4. The third-order valence-corrected chi connectivity index (χ3v) is 2.57. The minimum atomic E-state index is -0.748. The third-order valence-electron chi connectivity index (χ3n) is 2.57. The summed E-state index contributed by atoms with van der Waals surface area (Å²) in [5, 5.41) is 8.55. The molecule has 0 aromatic heterocycles. The topological polar surface area (TPSA) is 55.8 Å². The molecule has 0 atom stereocenters. The predicted molar refractivity (Wildman–Crippen MR) is 64.7 cm³/mol. The summed E-state index contributed by atoms with van der Waals surface area (Å²) in [6.45, 7) is 0. The van der Waals surface area contributed by atoms with Crippen LogP contribution in [0.3, 0.4) is 0 Å². The molecule has 4 nitrogen and oxygen atoms in total. The van der Waals surface area contributed by atoms with Crippen LogP contribution < -0.4 is 9.47 Å². The summed E-state index contributed by atoms with van der Waals surface area (Å²) in [5.41, 5.74) is 1.05. The SMILES string of the molecule is COc1ccc(OC)c(CCCCC(=O)O)c1. The highest BCUT2D eigenvalue weighted by atomic mass is 16.5. The van der Waals surface area contributed by atoms with Crippen molar-refractivity contribution in [3.63, 3.8) is 0 Å². The standard InChI is InChI=1S/C13H18O4/c1-16-11-7-8-12(17-2)10(9-11)5-3-4-6-13(14)15/h7-9H,3-6H2,1-2H3,(H,14,15). The summed E-state index contributed by atoms with van der Waals surface area (Å²) in [5.74, 6) is 0.864. The van der Waals surface area contributed by atoms with Gasteiger partial charge in [-0.1, -0.05) is 0 Å². The molecule has 0 aliphatic rings. The van der Waals surface area contributed by atoms with Gasteiger partial charge in [0.2, 0.25) is 0 Å². The second-order valence-corrected chi connectivity index (χ2v) is 3.78. The van der Waals surface area contributed by atoms with Crippen molar-refractivity contribution in [2.75, 3.05) is 14.2 Å². The summed E-state index contributed by atoms with van der Waals surface area (Å²) in [4.78, 5) is 10.4. The second kappa shape index (κ2) is 6.78. The highest BCUT2D eigenvalue weighted by Gasteiger charge is 2.05. The van der Waals surface area contributed by atoms with E-state index in [0.29, 0.717) is 6.42 Å². The van der Waals surface area contributed by atoms with Crippen LogP contribution in [0.25, 0.3) is 0 Å². The Morgan fingerprint density at radius 2 is 2.00 bits per heavy atom. The molecule has 17 heavy (non-hydrogen) atoms. The fourth-order valence-corrected chi connectivity index (χ4v) is 1.67. The van der Waals surface area contributed by atoms with Crippen LogP contribution in [-0.4, -0.2) is 25.3 Å². The van der Waals surface area contributed by atoms with Gasteiger partial charge < -0.3 is 14.6 Å². The minimum absolute atomic E-state index is 0.215. The summed E-state index contributed by atoms with van der Waals surface area (Å²) in [6, 6.07) is 5.64. The molecule has 4 heteroatoms. The van der Waals surface area contributed by atoms with E-state index >= 15 is 0 Å². The number of carboxylic acids is 1. The van der Waals surface area contributed by atoms with Gasteiger partial charge >= 0.3 is 5.97 Å². The van der Waals surface area contributed by atoms with Gasteiger partial charge in [0.25, 0.3) is 0 Å². The number of unbranched alkanes of at least 4 members (excludes halogenated alkanes) is 1. The lowest BCUT2D eigenvalue weighted by Gasteiger charge is -2.10. The van der Waals surface area contributed by atoms with Gasteiger partial charge in [0.05, 0.1) is 14.2 Å². The highest BCUT2D eigenvalue weighted by Crippen LogP contribution is 2.25. The molecular formula is C13H18O4. The molecule has 0 unspecified atom stereocenters. The predicted octanol–water partition coefficient (Wildman–Crippen LogP) is 2.50. The first-order valence-corrected chi connectivity index (χ1v) is 5.60. The monoisotopic (exact) mass is 238 g/mol. The van der Waals surface area contributed by atoms with Gasteiger partial charge in [-0.2, -0.15) is 0 Å². The number of ether oxygens (including phenoxy) is 2. The Bertz CT molecular complexity index is 374. The average molecular weight is 238 g/mol. The number of carboxylic acid groups (broad SMARTS) is 1. The van der Waals surface area contributed by atoms with Crippen molar-refractivity contribution in [1.82, 2.24) is 0 Å². The summed E-state index contributed by atoms with van der Waals surface area (Å²) < 4.78 is 10.4. The Balaban J connectivity index is 2.58. The zero-order chi connectivity index (χ0) is 12.7. The number of benzene rings is 1. The zero-order valence-electron chi connectivity index (χ0n) is 10.2. The molecule has 0 aliphatic carbocycles. The Morgan fingerprint density at radius 3 is 2.59 bits per heavy atom. The first-order chi connectivity index (χ1) is 8.17. The maximum absolute atomic E-state index is 10.4. The molecule has 0 aliphatic heterocycles. The lowest BCUT2D eigenvalue weighted by Crippen LogP contribution is -1.97. The van der Waals surface area contributed by atoms with Crippen LogP contribution in [-0.2, 0) is 11.2 Å². The minimum Gasteiger partial charge on any atom is -0.497 e. The largest absolute Gasteiger partial charge is 0.497 e. The van der Waals surface area contributed by atoms with E-state index in [0.717, 1.165) is 29.9 Å². The molecule has 1 N–H and O–H groups in total. The van der Waals surface area contributed by atoms with Crippen molar-refractivity contribution in [3.8, 4) is 11.5 Å². The molecule has 1 aromatic rings. The Kier molecular flexibility index (Phi) is 5.33. The summed E-state index contributed by atoms with van der Waals surface area (Å²) >= 11 is 0. The molecule has 0 spiro atoms. The van der Waals surface area contributed by atoms with Crippen molar-refractivity contribution in [2.24, 2.45) is 0 Å². The quantitative estimate of drug-likeness (QED) is 0.741. The number of hydrogen-bond donors (Lipinski definition) is 1. The lowest BCUT2D eigenvalue weighted by atomic mass is 10.1. The molecule has 0 bridgehead atoms. The Morgan fingerprint density at radius 1 is 1.24 bits per heavy atom. The molecular weight excluding hydrogens is 220 g/mol. The first-order valence-electron chi connectivity index (χ1n) is 5.60. The Labute approximate surface area is 101 Å². The van der Waals surface area contributed by atoms with Crippen molar-refractivity contribution in [3.05, 3.63) is 23.8 Å². The number of aliphatic carboxylic acids is 1. The number of methoxy groups -OCH3 is 2. The molecule has 0 radical (unpaired) electrons. The number of aryl methyl sites for hydroxylation is 1. The van der Waals surface area contributed by atoms with Crippen LogP contribution in [0.4, 0.5) is 0 Å².